The predicted molar refractivity (Wildman–Crippen MR) is 136 cm³/mol. The Bertz CT molecular complexity index is 1470. The summed E-state index contributed by atoms with van der Waals surface area (Å²) in [5.74, 6) is -1.10. The van der Waals surface area contributed by atoms with Gasteiger partial charge < -0.3 is 19.0 Å². The van der Waals surface area contributed by atoms with E-state index in [9.17, 15) is 13.6 Å². The van der Waals surface area contributed by atoms with Crippen LogP contribution in [-0.4, -0.2) is 34.0 Å². The van der Waals surface area contributed by atoms with Gasteiger partial charge in [-0.15, -0.1) is 0 Å². The fourth-order valence-electron chi connectivity index (χ4n) is 4.68. The first-order valence-corrected chi connectivity index (χ1v) is 12.3. The molecular weight excluding hydrogens is 478 g/mol. The maximum absolute atomic E-state index is 13.7. The summed E-state index contributed by atoms with van der Waals surface area (Å²) >= 11 is 0. The Labute approximate surface area is 213 Å². The van der Waals surface area contributed by atoms with Crippen LogP contribution in [0.25, 0.3) is 10.9 Å². The third-order valence-corrected chi connectivity index (χ3v) is 6.52. The number of carbonyl (C=O) groups excluding carboxylic acids is 1. The number of hydrogen-bond acceptors (Lipinski definition) is 5. The Morgan fingerprint density at radius 3 is 2.70 bits per heavy atom. The Morgan fingerprint density at radius 2 is 2.03 bits per heavy atom. The molecule has 0 aliphatic carbocycles. The minimum atomic E-state index is -0.952. The third kappa shape index (κ3) is 4.85. The van der Waals surface area contributed by atoms with Crippen LogP contribution in [0.3, 0.4) is 0 Å². The van der Waals surface area contributed by atoms with Crippen molar-refractivity contribution in [2.24, 2.45) is 4.99 Å². The monoisotopic (exact) mass is 506 g/mol. The molecule has 2 aromatic carbocycles. The van der Waals surface area contributed by atoms with E-state index in [1.54, 1.807) is 6.20 Å². The molecule has 3 heterocycles. The average molecular weight is 507 g/mol. The van der Waals surface area contributed by atoms with Gasteiger partial charge in [-0.2, -0.15) is 0 Å². The number of fused-ring (bicyclic) bond motifs is 1. The summed E-state index contributed by atoms with van der Waals surface area (Å²) in [7, 11) is 0. The molecule has 0 spiro atoms. The largest absolute Gasteiger partial charge is 0.475 e. The Hall–Kier alpha value is -4.01. The second kappa shape index (κ2) is 10.2. The maximum Gasteiger partial charge on any atom is 0.254 e. The van der Waals surface area contributed by atoms with Crippen LogP contribution in [0.4, 0.5) is 8.78 Å². The highest BCUT2D eigenvalue weighted by molar-refractivity contribution is 6.10. The Balaban J connectivity index is 1.58. The molecule has 9 heteroatoms. The molecule has 0 saturated heterocycles. The van der Waals surface area contributed by atoms with Crippen molar-refractivity contribution >= 4 is 22.7 Å². The van der Waals surface area contributed by atoms with E-state index in [2.05, 4.69) is 22.2 Å². The van der Waals surface area contributed by atoms with Gasteiger partial charge in [0.1, 0.15) is 12.9 Å². The van der Waals surface area contributed by atoms with Crippen molar-refractivity contribution in [2.75, 3.05) is 6.61 Å². The molecular formula is C28H28F2N4O3. The number of hydrogen-bond donors (Lipinski definition) is 1. The lowest BCUT2D eigenvalue weighted by atomic mass is 10.0. The quantitative estimate of drug-likeness (QED) is 0.339. The third-order valence-electron chi connectivity index (χ3n) is 6.52. The van der Waals surface area contributed by atoms with Gasteiger partial charge in [-0.1, -0.05) is 32.9 Å². The number of rotatable bonds is 8. The first-order valence-electron chi connectivity index (χ1n) is 12.3. The molecule has 192 valence electrons. The number of amides is 1. The van der Waals surface area contributed by atoms with Crippen LogP contribution in [0.1, 0.15) is 66.2 Å². The highest BCUT2D eigenvalue weighted by Gasteiger charge is 2.27. The van der Waals surface area contributed by atoms with Gasteiger partial charge in [0.25, 0.3) is 5.91 Å². The van der Waals surface area contributed by atoms with Gasteiger partial charge in [0, 0.05) is 23.2 Å². The van der Waals surface area contributed by atoms with Crippen molar-refractivity contribution in [3.05, 3.63) is 88.8 Å². The number of ether oxygens (including phenoxy) is 1. The number of halogens is 2. The number of nitrogens with one attached hydrogen (secondary N) is 1. The zero-order chi connectivity index (χ0) is 26.1. The lowest BCUT2D eigenvalue weighted by Gasteiger charge is -2.14. The van der Waals surface area contributed by atoms with Gasteiger partial charge in [-0.05, 0) is 42.2 Å². The Morgan fingerprint density at radius 1 is 1.19 bits per heavy atom. The van der Waals surface area contributed by atoms with Crippen molar-refractivity contribution in [1.29, 1.82) is 0 Å². The van der Waals surface area contributed by atoms with Gasteiger partial charge in [-0.3, -0.25) is 4.79 Å². The summed E-state index contributed by atoms with van der Waals surface area (Å²) in [5.41, 5.74) is 3.45. The van der Waals surface area contributed by atoms with Crippen LogP contribution in [0, 0.1) is 11.6 Å². The van der Waals surface area contributed by atoms with E-state index in [0.717, 1.165) is 40.7 Å². The van der Waals surface area contributed by atoms with Gasteiger partial charge in [0.15, 0.2) is 11.6 Å². The molecule has 2 aromatic heterocycles. The number of aromatic nitrogens is 2. The highest BCUT2D eigenvalue weighted by atomic mass is 19.2. The zero-order valence-corrected chi connectivity index (χ0v) is 20.9. The second-order valence-electron chi connectivity index (χ2n) is 9.40. The lowest BCUT2D eigenvalue weighted by Crippen LogP contribution is -2.24. The predicted octanol–water partition coefficient (Wildman–Crippen LogP) is 5.56. The zero-order valence-electron chi connectivity index (χ0n) is 20.9. The average Bonchev–Trinajstić information content (AvgIpc) is 3.64. The normalized spacial score (nSPS) is 15.3. The summed E-state index contributed by atoms with van der Waals surface area (Å²) in [4.78, 5) is 22.5. The van der Waals surface area contributed by atoms with E-state index < -0.39 is 11.6 Å². The topological polar surface area (TPSA) is 81.6 Å². The van der Waals surface area contributed by atoms with E-state index in [1.807, 2.05) is 36.6 Å². The number of nitrogens with zero attached hydrogens (tertiary/aromatic N) is 3. The van der Waals surface area contributed by atoms with Crippen molar-refractivity contribution in [2.45, 2.75) is 52.2 Å². The van der Waals surface area contributed by atoms with Crippen LogP contribution >= 0.6 is 0 Å². The van der Waals surface area contributed by atoms with Gasteiger partial charge in [0.05, 0.1) is 29.9 Å². The number of oxazole rings is 1. The number of aliphatic imine (C=N–C) groups is 1. The lowest BCUT2D eigenvalue weighted by molar-refractivity contribution is 0.0951. The fourth-order valence-corrected chi connectivity index (χ4v) is 4.68. The standard InChI is InChI=1S/C28H28F2N4O3/c1-4-19-15-37-28(33-19)18-6-7-20-23(12-18)34(14-24-31-9-10-36-24)26(16(2)3)25(20)27(35)32-13-17-5-8-21(29)22(30)11-17/h5-12,16,19H,4,13-15H2,1-3H3,(H,32,35). The second-order valence-corrected chi connectivity index (χ2v) is 9.40. The molecule has 1 atom stereocenters. The molecule has 0 fully saturated rings. The first-order chi connectivity index (χ1) is 17.9. The molecule has 37 heavy (non-hydrogen) atoms. The van der Waals surface area contributed by atoms with Gasteiger partial charge >= 0.3 is 0 Å². The van der Waals surface area contributed by atoms with E-state index >= 15 is 0 Å². The summed E-state index contributed by atoms with van der Waals surface area (Å²) in [6, 6.07) is 9.51. The molecule has 7 nitrogen and oxygen atoms in total. The Kier molecular flexibility index (Phi) is 6.78. The minimum Gasteiger partial charge on any atom is -0.475 e. The molecule has 5 rings (SSSR count). The first kappa shape index (κ1) is 24.7. The van der Waals surface area contributed by atoms with Crippen LogP contribution in [0.15, 0.2) is 58.3 Å². The van der Waals surface area contributed by atoms with Crippen LogP contribution in [0.5, 0.6) is 0 Å². The molecule has 1 aliphatic rings. The van der Waals surface area contributed by atoms with Crippen LogP contribution < -0.4 is 5.32 Å². The SMILES string of the molecule is CCC1COC(c2ccc3c(C(=O)NCc4ccc(F)c(F)c4)c(C(C)C)n(Cc4ncco4)c3c2)=N1. The summed E-state index contributed by atoms with van der Waals surface area (Å²) in [6.07, 6.45) is 4.00. The van der Waals surface area contributed by atoms with Crippen LogP contribution in [-0.2, 0) is 17.8 Å². The van der Waals surface area contributed by atoms with E-state index in [1.165, 1.54) is 12.3 Å². The van der Waals surface area contributed by atoms with Gasteiger partial charge in [0.2, 0.25) is 11.8 Å². The summed E-state index contributed by atoms with van der Waals surface area (Å²) < 4.78 is 40.4. The highest BCUT2D eigenvalue weighted by Crippen LogP contribution is 2.33. The van der Waals surface area contributed by atoms with Crippen LogP contribution in [0.2, 0.25) is 0 Å². The number of carbonyl (C=O) groups is 1. The van der Waals surface area contributed by atoms with E-state index in [-0.39, 0.29) is 24.4 Å². The summed E-state index contributed by atoms with van der Waals surface area (Å²) in [5, 5.41) is 3.63. The smallest absolute Gasteiger partial charge is 0.254 e. The number of benzene rings is 2. The maximum atomic E-state index is 13.7. The van der Waals surface area contributed by atoms with Crippen molar-refractivity contribution in [3.63, 3.8) is 0 Å². The molecule has 1 aliphatic heterocycles. The molecule has 1 unspecified atom stereocenters. The fraction of sp³-hybridized carbons (Fsp3) is 0.321. The van der Waals surface area contributed by atoms with Crippen molar-refractivity contribution in [3.8, 4) is 0 Å². The molecule has 0 saturated carbocycles. The minimum absolute atomic E-state index is 0.0145. The molecule has 1 N–H and O–H groups in total. The molecule has 1 amide bonds. The van der Waals surface area contributed by atoms with E-state index in [4.69, 9.17) is 9.15 Å². The molecule has 0 radical (unpaired) electrons. The van der Waals surface area contributed by atoms with Crippen molar-refractivity contribution < 1.29 is 22.7 Å². The molecule has 0 bridgehead atoms. The molecule has 4 aromatic rings. The summed E-state index contributed by atoms with van der Waals surface area (Å²) in [6.45, 7) is 7.05. The van der Waals surface area contributed by atoms with Crippen molar-refractivity contribution in [1.82, 2.24) is 14.9 Å². The van der Waals surface area contributed by atoms with E-state index in [0.29, 0.717) is 36.1 Å². The van der Waals surface area contributed by atoms with Gasteiger partial charge in [-0.25, -0.2) is 18.8 Å².